The molecular weight excluding hydrogens is 286 g/mol. The second-order valence-corrected chi connectivity index (χ2v) is 5.79. The van der Waals surface area contributed by atoms with Crippen molar-refractivity contribution < 1.29 is 4.39 Å². The third-order valence-corrected chi connectivity index (χ3v) is 4.44. The number of hydrogen-bond donors (Lipinski definition) is 1. The molecule has 19 heavy (non-hydrogen) atoms. The van der Waals surface area contributed by atoms with Gasteiger partial charge in [-0.25, -0.2) is 4.39 Å². The number of rotatable bonds is 2. The fourth-order valence-corrected chi connectivity index (χ4v) is 3.28. The topological polar surface area (TPSA) is 15.3 Å². The lowest BCUT2D eigenvalue weighted by atomic mass is 9.93. The van der Waals surface area contributed by atoms with Crippen LogP contribution < -0.4 is 5.32 Å². The maximum absolute atomic E-state index is 13.4. The van der Waals surface area contributed by atoms with E-state index in [-0.39, 0.29) is 23.2 Å². The van der Waals surface area contributed by atoms with E-state index in [2.05, 4.69) is 10.2 Å². The van der Waals surface area contributed by atoms with Crippen LogP contribution in [0.1, 0.15) is 18.4 Å². The second kappa shape index (κ2) is 6.40. The highest BCUT2D eigenvalue weighted by Crippen LogP contribution is 2.26. The van der Waals surface area contributed by atoms with E-state index in [9.17, 15) is 4.39 Å². The summed E-state index contributed by atoms with van der Waals surface area (Å²) in [6, 6.07) is 5.84. The first-order valence-electron chi connectivity index (χ1n) is 6.62. The summed E-state index contributed by atoms with van der Waals surface area (Å²) in [6.45, 7) is 4.20. The van der Waals surface area contributed by atoms with Gasteiger partial charge >= 0.3 is 0 Å². The van der Waals surface area contributed by atoms with Crippen molar-refractivity contribution >= 4 is 24.0 Å². The quantitative estimate of drug-likeness (QED) is 0.903. The number of nitrogens with one attached hydrogen (secondary N) is 1. The molecule has 0 amide bonds. The monoisotopic (exact) mass is 304 g/mol. The zero-order chi connectivity index (χ0) is 12.5. The molecule has 0 aliphatic carbocycles. The number of fused-ring (bicyclic) bond motifs is 1. The molecule has 1 aromatic rings. The molecule has 0 aromatic heterocycles. The maximum Gasteiger partial charge on any atom is 0.142 e. The van der Waals surface area contributed by atoms with Gasteiger partial charge in [0.15, 0.2) is 0 Å². The Morgan fingerprint density at radius 1 is 1.37 bits per heavy atom. The molecule has 0 spiro atoms. The van der Waals surface area contributed by atoms with Crippen LogP contribution in [-0.4, -0.2) is 30.6 Å². The van der Waals surface area contributed by atoms with E-state index in [1.54, 1.807) is 12.1 Å². The van der Waals surface area contributed by atoms with Crippen LogP contribution in [0.3, 0.4) is 0 Å². The summed E-state index contributed by atoms with van der Waals surface area (Å²) < 4.78 is 13.4. The van der Waals surface area contributed by atoms with Gasteiger partial charge in [-0.15, -0.1) is 12.4 Å². The highest BCUT2D eigenvalue weighted by Gasteiger charge is 2.32. The van der Waals surface area contributed by atoms with Crippen molar-refractivity contribution in [2.45, 2.75) is 25.4 Å². The lowest BCUT2D eigenvalue weighted by molar-refractivity contribution is 0.156. The van der Waals surface area contributed by atoms with Gasteiger partial charge in [0.1, 0.15) is 5.82 Å². The molecule has 106 valence electrons. The standard InChI is InChI=1S/C14H18ClFN2.ClH/c15-12-2-1-10(7-13(12)16)8-18-6-4-14-11(9-18)3-5-17-14;/h1-2,7,11,14,17H,3-6,8-9H2;1H. The Labute approximate surface area is 124 Å². The van der Waals surface area contributed by atoms with Crippen LogP contribution in [0.15, 0.2) is 18.2 Å². The van der Waals surface area contributed by atoms with Crippen molar-refractivity contribution in [1.29, 1.82) is 0 Å². The molecule has 5 heteroatoms. The van der Waals surface area contributed by atoms with Crippen molar-refractivity contribution in [1.82, 2.24) is 10.2 Å². The highest BCUT2D eigenvalue weighted by molar-refractivity contribution is 6.30. The van der Waals surface area contributed by atoms with E-state index in [4.69, 9.17) is 11.6 Å². The Kier molecular flexibility index (Phi) is 5.07. The van der Waals surface area contributed by atoms with E-state index in [1.807, 2.05) is 6.07 Å². The average Bonchev–Trinajstić information content (AvgIpc) is 2.81. The van der Waals surface area contributed by atoms with E-state index in [0.717, 1.165) is 37.7 Å². The lowest BCUT2D eigenvalue weighted by Crippen LogP contribution is -2.43. The van der Waals surface area contributed by atoms with Gasteiger partial charge in [-0.2, -0.15) is 0 Å². The molecule has 1 N–H and O–H groups in total. The number of hydrogen-bond acceptors (Lipinski definition) is 2. The molecule has 2 unspecified atom stereocenters. The van der Waals surface area contributed by atoms with Crippen molar-refractivity contribution in [3.8, 4) is 0 Å². The molecular formula is C14H19Cl2FN2. The Morgan fingerprint density at radius 3 is 3.00 bits per heavy atom. The first kappa shape index (κ1) is 15.0. The third kappa shape index (κ3) is 3.40. The van der Waals surface area contributed by atoms with Gasteiger partial charge in [0.05, 0.1) is 5.02 Å². The first-order valence-corrected chi connectivity index (χ1v) is 7.00. The molecule has 0 saturated carbocycles. The Bertz CT molecular complexity index is 441. The minimum absolute atomic E-state index is 0. The zero-order valence-corrected chi connectivity index (χ0v) is 12.3. The molecule has 2 saturated heterocycles. The van der Waals surface area contributed by atoms with Crippen LogP contribution in [0.25, 0.3) is 0 Å². The Hall–Kier alpha value is -0.350. The minimum Gasteiger partial charge on any atom is -0.314 e. The number of likely N-dealkylation sites (tertiary alicyclic amines) is 1. The van der Waals surface area contributed by atoms with Crippen LogP contribution >= 0.6 is 24.0 Å². The maximum atomic E-state index is 13.4. The number of piperidine rings is 1. The molecule has 2 fully saturated rings. The predicted octanol–water partition coefficient (Wildman–Crippen LogP) is 3.08. The van der Waals surface area contributed by atoms with Crippen molar-refractivity contribution in [2.75, 3.05) is 19.6 Å². The van der Waals surface area contributed by atoms with Crippen LogP contribution in [0.5, 0.6) is 0 Å². The van der Waals surface area contributed by atoms with E-state index < -0.39 is 0 Å². The molecule has 3 rings (SSSR count). The van der Waals surface area contributed by atoms with Crippen molar-refractivity contribution in [3.63, 3.8) is 0 Å². The summed E-state index contributed by atoms with van der Waals surface area (Å²) in [5.74, 6) is 0.461. The van der Waals surface area contributed by atoms with Crippen molar-refractivity contribution in [2.24, 2.45) is 5.92 Å². The SMILES string of the molecule is Cl.Fc1cc(CN2CCC3NCCC3C2)ccc1Cl. The summed E-state index contributed by atoms with van der Waals surface area (Å²) in [4.78, 5) is 2.43. The van der Waals surface area contributed by atoms with E-state index in [1.165, 1.54) is 12.8 Å². The van der Waals surface area contributed by atoms with Gasteiger partial charge in [0.2, 0.25) is 0 Å². The number of halogens is 3. The third-order valence-electron chi connectivity index (χ3n) is 4.13. The molecule has 0 bridgehead atoms. The van der Waals surface area contributed by atoms with Crippen LogP contribution in [0, 0.1) is 11.7 Å². The molecule has 2 heterocycles. The number of nitrogens with zero attached hydrogens (tertiary/aromatic N) is 1. The van der Waals surface area contributed by atoms with Crippen LogP contribution in [-0.2, 0) is 6.54 Å². The second-order valence-electron chi connectivity index (χ2n) is 5.38. The van der Waals surface area contributed by atoms with Gasteiger partial charge < -0.3 is 5.32 Å². The largest absolute Gasteiger partial charge is 0.314 e. The number of benzene rings is 1. The predicted molar refractivity (Wildman–Crippen MR) is 78.4 cm³/mol. The smallest absolute Gasteiger partial charge is 0.142 e. The lowest BCUT2D eigenvalue weighted by Gasteiger charge is -2.34. The van der Waals surface area contributed by atoms with Crippen LogP contribution in [0.2, 0.25) is 5.02 Å². The van der Waals surface area contributed by atoms with Gasteiger partial charge in [0.25, 0.3) is 0 Å². The van der Waals surface area contributed by atoms with Crippen LogP contribution in [0.4, 0.5) is 4.39 Å². The van der Waals surface area contributed by atoms with Gasteiger partial charge in [-0.3, -0.25) is 4.90 Å². The van der Waals surface area contributed by atoms with Gasteiger partial charge in [0, 0.05) is 19.1 Å². The summed E-state index contributed by atoms with van der Waals surface area (Å²) in [5.41, 5.74) is 1.02. The molecule has 2 nitrogen and oxygen atoms in total. The molecule has 2 aliphatic rings. The highest BCUT2D eigenvalue weighted by atomic mass is 35.5. The molecule has 2 atom stereocenters. The van der Waals surface area contributed by atoms with Gasteiger partial charge in [-0.1, -0.05) is 17.7 Å². The molecule has 1 aromatic carbocycles. The van der Waals surface area contributed by atoms with E-state index >= 15 is 0 Å². The summed E-state index contributed by atoms with van der Waals surface area (Å²) in [6.07, 6.45) is 2.48. The fraction of sp³-hybridized carbons (Fsp3) is 0.571. The van der Waals surface area contributed by atoms with Crippen molar-refractivity contribution in [3.05, 3.63) is 34.6 Å². The fourth-order valence-electron chi connectivity index (χ4n) is 3.16. The normalized spacial score (nSPS) is 26.8. The molecule has 0 radical (unpaired) electrons. The summed E-state index contributed by atoms with van der Waals surface area (Å²) in [5, 5.41) is 3.76. The Balaban J connectivity index is 0.00000133. The Morgan fingerprint density at radius 2 is 2.21 bits per heavy atom. The first-order chi connectivity index (χ1) is 8.72. The summed E-state index contributed by atoms with van der Waals surface area (Å²) in [7, 11) is 0. The average molecular weight is 305 g/mol. The molecule has 2 aliphatic heterocycles. The summed E-state index contributed by atoms with van der Waals surface area (Å²) >= 11 is 5.70. The zero-order valence-electron chi connectivity index (χ0n) is 10.7. The van der Waals surface area contributed by atoms with E-state index in [0.29, 0.717) is 6.04 Å². The van der Waals surface area contributed by atoms with Gasteiger partial charge in [-0.05, 0) is 49.5 Å². The minimum atomic E-state index is -0.313.